The minimum absolute atomic E-state index is 0.206. The predicted molar refractivity (Wildman–Crippen MR) is 66.5 cm³/mol. The first-order valence-electron chi connectivity index (χ1n) is 4.61. The molecule has 0 fully saturated rings. The second-order valence-corrected chi connectivity index (χ2v) is 5.88. The standard InChI is InChI=1S/C8H14IN3O2S/c1-12-8(4-7-10-12)15(13,14)11-6-3-2-5-9/h4,7,11H,2-3,5-6H2,1H3. The van der Waals surface area contributed by atoms with Crippen LogP contribution in [0, 0.1) is 0 Å². The number of rotatable bonds is 6. The molecule has 1 aromatic heterocycles. The van der Waals surface area contributed by atoms with Crippen molar-refractivity contribution in [3.8, 4) is 0 Å². The number of nitrogens with zero attached hydrogens (tertiary/aromatic N) is 2. The molecule has 0 saturated carbocycles. The van der Waals surface area contributed by atoms with Gasteiger partial charge >= 0.3 is 0 Å². The van der Waals surface area contributed by atoms with Crippen LogP contribution in [0.3, 0.4) is 0 Å². The number of aromatic nitrogens is 2. The number of hydrogen-bond acceptors (Lipinski definition) is 3. The Hall–Kier alpha value is -0.150. The summed E-state index contributed by atoms with van der Waals surface area (Å²) >= 11 is 2.27. The summed E-state index contributed by atoms with van der Waals surface area (Å²) in [5.74, 6) is 0. The van der Waals surface area contributed by atoms with Gasteiger partial charge in [-0.15, -0.1) is 0 Å². The molecule has 86 valence electrons. The molecule has 0 bridgehead atoms. The molecule has 0 aliphatic rings. The normalized spacial score (nSPS) is 11.9. The summed E-state index contributed by atoms with van der Waals surface area (Å²) in [6.07, 6.45) is 3.36. The molecule has 0 radical (unpaired) electrons. The lowest BCUT2D eigenvalue weighted by Crippen LogP contribution is -2.26. The maximum absolute atomic E-state index is 11.7. The van der Waals surface area contributed by atoms with E-state index in [0.29, 0.717) is 6.54 Å². The molecule has 0 aliphatic heterocycles. The highest BCUT2D eigenvalue weighted by molar-refractivity contribution is 14.1. The van der Waals surface area contributed by atoms with Crippen LogP contribution in [0.5, 0.6) is 0 Å². The molecular formula is C8H14IN3O2S. The second-order valence-electron chi connectivity index (χ2n) is 3.09. The van der Waals surface area contributed by atoms with E-state index in [1.165, 1.54) is 16.9 Å². The van der Waals surface area contributed by atoms with Gasteiger partial charge in [-0.05, 0) is 23.3 Å². The smallest absolute Gasteiger partial charge is 0.256 e. The number of sulfonamides is 1. The van der Waals surface area contributed by atoms with Crippen LogP contribution in [0.25, 0.3) is 0 Å². The Kier molecular flexibility index (Phi) is 5.00. The Morgan fingerprint density at radius 2 is 2.27 bits per heavy atom. The minimum atomic E-state index is -3.38. The molecule has 0 aromatic carbocycles. The van der Waals surface area contributed by atoms with Gasteiger partial charge in [-0.1, -0.05) is 22.6 Å². The molecule has 0 amide bonds. The van der Waals surface area contributed by atoms with Crippen LogP contribution in [-0.4, -0.2) is 29.2 Å². The number of unbranched alkanes of at least 4 members (excludes halogenated alkanes) is 1. The van der Waals surface area contributed by atoms with E-state index >= 15 is 0 Å². The van der Waals surface area contributed by atoms with Gasteiger partial charge in [0.05, 0.1) is 6.20 Å². The fourth-order valence-electron chi connectivity index (χ4n) is 1.13. The van der Waals surface area contributed by atoms with Crippen molar-refractivity contribution in [2.45, 2.75) is 17.9 Å². The summed E-state index contributed by atoms with van der Waals surface area (Å²) in [6, 6.07) is 1.49. The van der Waals surface area contributed by atoms with Gasteiger partial charge in [0.2, 0.25) is 0 Å². The van der Waals surface area contributed by atoms with Gasteiger partial charge < -0.3 is 0 Å². The number of hydrogen-bond donors (Lipinski definition) is 1. The van der Waals surface area contributed by atoms with Crippen LogP contribution in [0.4, 0.5) is 0 Å². The lowest BCUT2D eigenvalue weighted by molar-refractivity contribution is 0.561. The summed E-state index contributed by atoms with van der Waals surface area (Å²) < 4.78 is 28.3. The number of alkyl halides is 1. The summed E-state index contributed by atoms with van der Waals surface area (Å²) in [5, 5.41) is 4.03. The molecule has 0 unspecified atom stereocenters. The van der Waals surface area contributed by atoms with Crippen LogP contribution in [0.2, 0.25) is 0 Å². The summed E-state index contributed by atoms with van der Waals surface area (Å²) in [5.41, 5.74) is 0. The zero-order valence-electron chi connectivity index (χ0n) is 8.48. The highest BCUT2D eigenvalue weighted by atomic mass is 127. The van der Waals surface area contributed by atoms with Crippen molar-refractivity contribution in [3.05, 3.63) is 12.3 Å². The van der Waals surface area contributed by atoms with E-state index in [4.69, 9.17) is 0 Å². The molecule has 0 spiro atoms. The van der Waals surface area contributed by atoms with Gasteiger partial charge in [0, 0.05) is 13.6 Å². The average molecular weight is 343 g/mol. The van der Waals surface area contributed by atoms with E-state index in [0.717, 1.165) is 17.3 Å². The van der Waals surface area contributed by atoms with Gasteiger partial charge in [-0.3, -0.25) is 4.68 Å². The van der Waals surface area contributed by atoms with Crippen molar-refractivity contribution in [2.75, 3.05) is 11.0 Å². The van der Waals surface area contributed by atoms with Crippen LogP contribution in [0.15, 0.2) is 17.3 Å². The van der Waals surface area contributed by atoms with Crippen molar-refractivity contribution in [1.82, 2.24) is 14.5 Å². The van der Waals surface area contributed by atoms with E-state index in [-0.39, 0.29) is 5.03 Å². The Labute approximate surface area is 103 Å². The van der Waals surface area contributed by atoms with E-state index < -0.39 is 10.0 Å². The summed E-state index contributed by atoms with van der Waals surface area (Å²) in [6.45, 7) is 0.483. The molecule has 1 aromatic rings. The van der Waals surface area contributed by atoms with Crippen LogP contribution in [0.1, 0.15) is 12.8 Å². The first-order valence-corrected chi connectivity index (χ1v) is 7.62. The van der Waals surface area contributed by atoms with Crippen LogP contribution in [-0.2, 0) is 17.1 Å². The second kappa shape index (κ2) is 5.80. The van der Waals surface area contributed by atoms with Crippen molar-refractivity contribution >= 4 is 32.6 Å². The fraction of sp³-hybridized carbons (Fsp3) is 0.625. The first-order chi connectivity index (χ1) is 7.08. The maximum atomic E-state index is 11.7. The third-order valence-electron chi connectivity index (χ3n) is 1.90. The largest absolute Gasteiger partial charge is 0.257 e. The van der Waals surface area contributed by atoms with Gasteiger partial charge in [-0.25, -0.2) is 13.1 Å². The van der Waals surface area contributed by atoms with E-state index in [9.17, 15) is 8.42 Å². The molecule has 1 heterocycles. The monoisotopic (exact) mass is 343 g/mol. The molecule has 0 saturated heterocycles. The van der Waals surface area contributed by atoms with Crippen molar-refractivity contribution in [3.63, 3.8) is 0 Å². The predicted octanol–water partition coefficient (Wildman–Crippen LogP) is 0.914. The van der Waals surface area contributed by atoms with Crippen molar-refractivity contribution < 1.29 is 8.42 Å². The number of halogens is 1. The molecule has 0 atom stereocenters. The molecule has 7 heteroatoms. The Morgan fingerprint density at radius 3 is 2.80 bits per heavy atom. The van der Waals surface area contributed by atoms with Gasteiger partial charge in [0.25, 0.3) is 10.0 Å². The summed E-state index contributed by atoms with van der Waals surface area (Å²) in [7, 11) is -1.77. The molecular weight excluding hydrogens is 329 g/mol. The van der Waals surface area contributed by atoms with Crippen molar-refractivity contribution in [1.29, 1.82) is 0 Å². The number of aryl methyl sites for hydroxylation is 1. The molecule has 15 heavy (non-hydrogen) atoms. The molecule has 1 N–H and O–H groups in total. The highest BCUT2D eigenvalue weighted by Crippen LogP contribution is 2.05. The molecule has 0 aliphatic carbocycles. The van der Waals surface area contributed by atoms with Crippen LogP contribution >= 0.6 is 22.6 Å². The van der Waals surface area contributed by atoms with Gasteiger partial charge in [0.1, 0.15) is 0 Å². The zero-order valence-corrected chi connectivity index (χ0v) is 11.5. The molecule has 1 rings (SSSR count). The number of nitrogens with one attached hydrogen (secondary N) is 1. The quantitative estimate of drug-likeness (QED) is 0.475. The lowest BCUT2D eigenvalue weighted by Gasteiger charge is -2.05. The van der Waals surface area contributed by atoms with Crippen molar-refractivity contribution in [2.24, 2.45) is 7.05 Å². The van der Waals surface area contributed by atoms with Gasteiger partial charge in [-0.2, -0.15) is 5.10 Å². The SMILES string of the molecule is Cn1nccc1S(=O)(=O)NCCCCI. The minimum Gasteiger partial charge on any atom is -0.256 e. The fourth-order valence-corrected chi connectivity index (χ4v) is 2.86. The highest BCUT2D eigenvalue weighted by Gasteiger charge is 2.16. The average Bonchev–Trinajstić information content (AvgIpc) is 2.60. The topological polar surface area (TPSA) is 64.0 Å². The lowest BCUT2D eigenvalue weighted by atomic mass is 10.3. The Balaban J connectivity index is 2.57. The maximum Gasteiger partial charge on any atom is 0.257 e. The molecule has 5 nitrogen and oxygen atoms in total. The van der Waals surface area contributed by atoms with Crippen LogP contribution < -0.4 is 4.72 Å². The van der Waals surface area contributed by atoms with Gasteiger partial charge in [0.15, 0.2) is 5.03 Å². The summed E-state index contributed by atoms with van der Waals surface area (Å²) in [4.78, 5) is 0. The van der Waals surface area contributed by atoms with E-state index in [1.807, 2.05) is 0 Å². The first kappa shape index (κ1) is 12.9. The third-order valence-corrected chi connectivity index (χ3v) is 4.20. The van der Waals surface area contributed by atoms with E-state index in [1.54, 1.807) is 7.05 Å². The Bertz CT molecular complexity index is 402. The Morgan fingerprint density at radius 1 is 1.53 bits per heavy atom. The zero-order chi connectivity index (χ0) is 11.3. The van der Waals surface area contributed by atoms with E-state index in [2.05, 4.69) is 32.4 Å². The third kappa shape index (κ3) is 3.72.